The SMILES string of the molecule is CC[C@H](C)c1ccc(C(=O)COC(=O)C2CCN(C(=O)c3ccc(F)cc3)CC2)cc1. The Morgan fingerprint density at radius 3 is 2.16 bits per heavy atom. The molecule has 0 aromatic heterocycles. The molecular formula is C25H28FNO4. The molecule has 2 aromatic carbocycles. The van der Waals surface area contributed by atoms with E-state index in [2.05, 4.69) is 13.8 Å². The van der Waals surface area contributed by atoms with Gasteiger partial charge in [-0.2, -0.15) is 0 Å². The lowest BCUT2D eigenvalue weighted by molar-refractivity contribution is -0.148. The van der Waals surface area contributed by atoms with E-state index >= 15 is 0 Å². The number of amides is 1. The lowest BCUT2D eigenvalue weighted by Crippen LogP contribution is -2.40. The van der Waals surface area contributed by atoms with Gasteiger partial charge in [-0.15, -0.1) is 0 Å². The van der Waals surface area contributed by atoms with E-state index in [4.69, 9.17) is 4.74 Å². The fourth-order valence-electron chi connectivity index (χ4n) is 3.66. The summed E-state index contributed by atoms with van der Waals surface area (Å²) < 4.78 is 18.3. The van der Waals surface area contributed by atoms with E-state index in [1.165, 1.54) is 29.8 Å². The lowest BCUT2D eigenvalue weighted by atomic mass is 9.96. The number of halogens is 1. The van der Waals surface area contributed by atoms with Crippen LogP contribution >= 0.6 is 0 Å². The molecule has 0 N–H and O–H groups in total. The van der Waals surface area contributed by atoms with Gasteiger partial charge in [-0.3, -0.25) is 14.4 Å². The van der Waals surface area contributed by atoms with Gasteiger partial charge in [0.2, 0.25) is 0 Å². The van der Waals surface area contributed by atoms with E-state index in [1.54, 1.807) is 17.0 Å². The van der Waals surface area contributed by atoms with Gasteiger partial charge < -0.3 is 9.64 Å². The standard InChI is InChI=1S/C25H28FNO4/c1-3-17(2)18-4-6-19(7-5-18)23(28)16-31-25(30)21-12-14-27(15-13-21)24(29)20-8-10-22(26)11-9-20/h4-11,17,21H,3,12-16H2,1-2H3/t17-/m0/s1. The van der Waals surface area contributed by atoms with Crippen molar-refractivity contribution in [2.24, 2.45) is 5.92 Å². The largest absolute Gasteiger partial charge is 0.457 e. The molecule has 1 aliphatic heterocycles. The molecule has 1 fully saturated rings. The third-order valence-electron chi connectivity index (χ3n) is 5.97. The van der Waals surface area contributed by atoms with Crippen LogP contribution in [0, 0.1) is 11.7 Å². The number of hydrogen-bond acceptors (Lipinski definition) is 4. The van der Waals surface area contributed by atoms with Crippen molar-refractivity contribution in [1.29, 1.82) is 0 Å². The predicted molar refractivity (Wildman–Crippen MR) is 115 cm³/mol. The highest BCUT2D eigenvalue weighted by atomic mass is 19.1. The Labute approximate surface area is 182 Å². The number of likely N-dealkylation sites (tertiary alicyclic amines) is 1. The van der Waals surface area contributed by atoms with Crippen molar-refractivity contribution >= 4 is 17.7 Å². The maximum Gasteiger partial charge on any atom is 0.309 e. The zero-order valence-electron chi connectivity index (χ0n) is 18.0. The van der Waals surface area contributed by atoms with Gasteiger partial charge in [0.05, 0.1) is 5.92 Å². The summed E-state index contributed by atoms with van der Waals surface area (Å²) in [5.41, 5.74) is 2.13. The molecule has 6 heteroatoms. The number of ketones is 1. The minimum atomic E-state index is -0.404. The molecule has 1 aliphatic rings. The molecule has 31 heavy (non-hydrogen) atoms. The number of nitrogens with zero attached hydrogens (tertiary/aromatic N) is 1. The van der Waals surface area contributed by atoms with Gasteiger partial charge in [0.25, 0.3) is 5.91 Å². The van der Waals surface area contributed by atoms with E-state index in [0.717, 1.165) is 6.42 Å². The Hall–Kier alpha value is -3.02. The summed E-state index contributed by atoms with van der Waals surface area (Å²) in [4.78, 5) is 38.9. The van der Waals surface area contributed by atoms with Crippen LogP contribution in [0.4, 0.5) is 4.39 Å². The molecule has 3 rings (SSSR count). The van der Waals surface area contributed by atoms with Gasteiger partial charge >= 0.3 is 5.97 Å². The van der Waals surface area contributed by atoms with Gasteiger partial charge in [0, 0.05) is 24.2 Å². The Morgan fingerprint density at radius 1 is 1.00 bits per heavy atom. The second-order valence-electron chi connectivity index (χ2n) is 8.04. The van der Waals surface area contributed by atoms with Crippen LogP contribution < -0.4 is 0 Å². The summed E-state index contributed by atoms with van der Waals surface area (Å²) in [6, 6.07) is 12.9. The summed E-state index contributed by atoms with van der Waals surface area (Å²) >= 11 is 0. The number of hydrogen-bond donors (Lipinski definition) is 0. The summed E-state index contributed by atoms with van der Waals surface area (Å²) in [5.74, 6) is -1.10. The Kier molecular flexibility index (Phi) is 7.55. The van der Waals surface area contributed by atoms with Crippen molar-refractivity contribution in [3.05, 3.63) is 71.0 Å². The van der Waals surface area contributed by atoms with Gasteiger partial charge in [-0.05, 0) is 55.0 Å². The average molecular weight is 426 g/mol. The van der Waals surface area contributed by atoms with Crippen LogP contribution in [-0.4, -0.2) is 42.3 Å². The normalized spacial score (nSPS) is 15.4. The molecule has 0 saturated carbocycles. The number of esters is 1. The van der Waals surface area contributed by atoms with Gasteiger partial charge in [0.15, 0.2) is 12.4 Å². The van der Waals surface area contributed by atoms with E-state index < -0.39 is 5.97 Å². The van der Waals surface area contributed by atoms with E-state index in [-0.39, 0.29) is 30.0 Å². The van der Waals surface area contributed by atoms with E-state index in [9.17, 15) is 18.8 Å². The van der Waals surface area contributed by atoms with Crippen molar-refractivity contribution in [3.63, 3.8) is 0 Å². The van der Waals surface area contributed by atoms with Crippen LogP contribution in [-0.2, 0) is 9.53 Å². The van der Waals surface area contributed by atoms with Crippen LogP contribution in [0.3, 0.4) is 0 Å². The minimum Gasteiger partial charge on any atom is -0.457 e. The zero-order valence-corrected chi connectivity index (χ0v) is 18.0. The summed E-state index contributed by atoms with van der Waals surface area (Å²) in [6.45, 7) is 4.81. The highest BCUT2D eigenvalue weighted by Crippen LogP contribution is 2.21. The van der Waals surface area contributed by atoms with E-state index in [0.29, 0.717) is 43.0 Å². The van der Waals surface area contributed by atoms with Gasteiger partial charge in [-0.1, -0.05) is 38.1 Å². The number of rotatable bonds is 7. The first-order chi connectivity index (χ1) is 14.9. The maximum absolute atomic E-state index is 13.0. The quantitative estimate of drug-likeness (QED) is 0.480. The number of ether oxygens (including phenoxy) is 1. The number of carbonyl (C=O) groups excluding carboxylic acids is 3. The molecule has 1 heterocycles. The first kappa shape index (κ1) is 22.7. The molecule has 0 unspecified atom stereocenters. The van der Waals surface area contributed by atoms with Crippen molar-refractivity contribution in [1.82, 2.24) is 4.90 Å². The number of Topliss-reactive ketones (excluding diaryl/α,β-unsaturated/α-hetero) is 1. The second kappa shape index (κ2) is 10.3. The topological polar surface area (TPSA) is 63.7 Å². The minimum absolute atomic E-state index is 0.178. The molecule has 1 atom stereocenters. The van der Waals surface area contributed by atoms with Crippen LogP contribution in [0.2, 0.25) is 0 Å². The summed E-state index contributed by atoms with van der Waals surface area (Å²) in [5, 5.41) is 0. The van der Waals surface area contributed by atoms with Crippen LogP contribution in [0.25, 0.3) is 0 Å². The van der Waals surface area contributed by atoms with E-state index in [1.807, 2.05) is 12.1 Å². The third-order valence-corrected chi connectivity index (χ3v) is 5.97. The molecule has 0 aliphatic carbocycles. The number of carbonyl (C=O) groups is 3. The monoisotopic (exact) mass is 425 g/mol. The van der Waals surface area contributed by atoms with Crippen molar-refractivity contribution in [2.75, 3.05) is 19.7 Å². The van der Waals surface area contributed by atoms with Crippen LogP contribution in [0.15, 0.2) is 48.5 Å². The number of benzene rings is 2. The number of piperidine rings is 1. The molecule has 1 saturated heterocycles. The smallest absolute Gasteiger partial charge is 0.309 e. The van der Waals surface area contributed by atoms with Crippen molar-refractivity contribution in [2.45, 2.75) is 39.0 Å². The zero-order chi connectivity index (χ0) is 22.4. The fourth-order valence-corrected chi connectivity index (χ4v) is 3.66. The third kappa shape index (κ3) is 5.78. The molecule has 0 bridgehead atoms. The fraction of sp³-hybridized carbons (Fsp3) is 0.400. The highest BCUT2D eigenvalue weighted by molar-refractivity contribution is 5.98. The van der Waals surface area contributed by atoms with Gasteiger partial charge in [0.1, 0.15) is 5.82 Å². The molecule has 0 spiro atoms. The predicted octanol–water partition coefficient (Wildman–Crippen LogP) is 4.62. The Bertz CT molecular complexity index is 916. The average Bonchev–Trinajstić information content (AvgIpc) is 2.82. The van der Waals surface area contributed by atoms with Crippen molar-refractivity contribution < 1.29 is 23.5 Å². The molecule has 164 valence electrons. The first-order valence-corrected chi connectivity index (χ1v) is 10.7. The van der Waals surface area contributed by atoms with Crippen LogP contribution in [0.1, 0.15) is 65.3 Å². The van der Waals surface area contributed by atoms with Crippen LogP contribution in [0.5, 0.6) is 0 Å². The Morgan fingerprint density at radius 2 is 1.58 bits per heavy atom. The Balaban J connectivity index is 1.46. The molecule has 5 nitrogen and oxygen atoms in total. The molecule has 2 aromatic rings. The molecular weight excluding hydrogens is 397 g/mol. The first-order valence-electron chi connectivity index (χ1n) is 10.7. The molecule has 1 amide bonds. The lowest BCUT2D eigenvalue weighted by Gasteiger charge is -2.31. The highest BCUT2D eigenvalue weighted by Gasteiger charge is 2.29. The summed E-state index contributed by atoms with van der Waals surface area (Å²) in [6.07, 6.45) is 1.98. The maximum atomic E-state index is 13.0. The second-order valence-corrected chi connectivity index (χ2v) is 8.04. The molecule has 0 radical (unpaired) electrons. The van der Waals surface area contributed by atoms with Gasteiger partial charge in [-0.25, -0.2) is 4.39 Å². The summed E-state index contributed by atoms with van der Waals surface area (Å²) in [7, 11) is 0. The van der Waals surface area contributed by atoms with Crippen molar-refractivity contribution in [3.8, 4) is 0 Å².